The van der Waals surface area contributed by atoms with Gasteiger partial charge in [0.25, 0.3) is 0 Å². The van der Waals surface area contributed by atoms with E-state index < -0.39 is 43.7 Å². The van der Waals surface area contributed by atoms with Crippen LogP contribution in [0.3, 0.4) is 0 Å². The Kier molecular flexibility index (Phi) is 16.8. The third-order valence-electron chi connectivity index (χ3n) is 6.52. The van der Waals surface area contributed by atoms with Gasteiger partial charge in [-0.05, 0) is 19.3 Å². The summed E-state index contributed by atoms with van der Waals surface area (Å²) in [5.74, 6) is -14.7. The standard InChI is InChI=1S/C25H45F9O3S2/c1-4-7-10-12-14-17-20-38(19-16-9-6-3,21-18-15-13-11-8-5-2)37-39(35,36)25(33,34)23(28,29)22(26,27)24(30,31)32/h4-21H2,1-3H3. The molecule has 14 heteroatoms. The predicted molar refractivity (Wildman–Crippen MR) is 139 cm³/mol. The van der Waals surface area contributed by atoms with Crippen molar-refractivity contribution >= 4 is 20.4 Å². The summed E-state index contributed by atoms with van der Waals surface area (Å²) in [6, 6.07) is 0. The quantitative estimate of drug-likeness (QED) is 0.0835. The molecule has 0 aliphatic carbocycles. The largest absolute Gasteiger partial charge is 0.460 e. The van der Waals surface area contributed by atoms with Crippen molar-refractivity contribution in [2.24, 2.45) is 0 Å². The van der Waals surface area contributed by atoms with E-state index in [4.69, 9.17) is 3.63 Å². The molecule has 0 amide bonds. The van der Waals surface area contributed by atoms with Crippen LogP contribution in [0.1, 0.15) is 117 Å². The smallest absolute Gasteiger partial charge is 0.215 e. The molecular weight excluding hydrogens is 583 g/mol. The summed E-state index contributed by atoms with van der Waals surface area (Å²) in [7, 11) is -9.95. The van der Waals surface area contributed by atoms with Crippen LogP contribution in [-0.4, -0.2) is 49.0 Å². The van der Waals surface area contributed by atoms with Crippen molar-refractivity contribution in [2.75, 3.05) is 17.3 Å². The van der Waals surface area contributed by atoms with Crippen molar-refractivity contribution in [3.8, 4) is 0 Å². The second-order valence-corrected chi connectivity index (χ2v) is 15.1. The average molecular weight is 629 g/mol. The fraction of sp³-hybridized carbons (Fsp3) is 1.00. The molecule has 0 unspecified atom stereocenters. The van der Waals surface area contributed by atoms with Crippen LogP contribution < -0.4 is 0 Å². The van der Waals surface area contributed by atoms with Crippen LogP contribution in [0.25, 0.3) is 0 Å². The number of hydrogen-bond acceptors (Lipinski definition) is 3. The SMILES string of the molecule is CCCCCCCCS(CCCCC)(CCCCCCCC)OS(=O)(=O)C(F)(F)C(F)(F)C(F)(F)C(F)(F)F. The van der Waals surface area contributed by atoms with E-state index in [1.807, 2.05) is 20.8 Å². The summed E-state index contributed by atoms with van der Waals surface area (Å²) in [6.45, 7) is 5.82. The van der Waals surface area contributed by atoms with Gasteiger partial charge in [0.2, 0.25) is 0 Å². The second-order valence-electron chi connectivity index (χ2n) is 10.0. The molecule has 0 aliphatic rings. The van der Waals surface area contributed by atoms with Crippen LogP contribution in [0.4, 0.5) is 39.5 Å². The van der Waals surface area contributed by atoms with Crippen molar-refractivity contribution in [3.05, 3.63) is 0 Å². The van der Waals surface area contributed by atoms with Crippen LogP contribution >= 0.6 is 10.3 Å². The van der Waals surface area contributed by atoms with Gasteiger partial charge >= 0.3 is 33.4 Å². The zero-order valence-corrected chi connectivity index (χ0v) is 24.8. The minimum absolute atomic E-state index is 0.0473. The van der Waals surface area contributed by atoms with E-state index in [2.05, 4.69) is 0 Å². The molecule has 0 aliphatic heterocycles. The molecule has 0 atom stereocenters. The Bertz CT molecular complexity index is 757. The number of alkyl halides is 9. The van der Waals surface area contributed by atoms with Gasteiger partial charge in [0.1, 0.15) is 0 Å². The van der Waals surface area contributed by atoms with Gasteiger partial charge in [-0.3, -0.25) is 0 Å². The molecule has 0 bridgehead atoms. The minimum atomic E-state index is -7.31. The molecule has 0 heterocycles. The van der Waals surface area contributed by atoms with Crippen molar-refractivity contribution in [2.45, 2.75) is 140 Å². The third kappa shape index (κ3) is 11.1. The van der Waals surface area contributed by atoms with Crippen molar-refractivity contribution in [1.29, 1.82) is 0 Å². The average Bonchev–Trinajstić information content (AvgIpc) is 2.82. The summed E-state index contributed by atoms with van der Waals surface area (Å²) >= 11 is 0. The third-order valence-corrected chi connectivity index (χ3v) is 12.4. The molecule has 0 saturated carbocycles. The van der Waals surface area contributed by atoms with Crippen molar-refractivity contribution < 1.29 is 51.6 Å². The number of unbranched alkanes of at least 4 members (excludes halogenated alkanes) is 12. The van der Waals surface area contributed by atoms with Gasteiger partial charge in [-0.15, -0.1) is 10.3 Å². The highest BCUT2D eigenvalue weighted by Gasteiger charge is 2.86. The van der Waals surface area contributed by atoms with E-state index in [0.29, 0.717) is 44.9 Å². The lowest BCUT2D eigenvalue weighted by Crippen LogP contribution is -2.63. The molecule has 0 aromatic heterocycles. The van der Waals surface area contributed by atoms with Gasteiger partial charge in [-0.2, -0.15) is 47.9 Å². The molecule has 0 radical (unpaired) electrons. The maximum Gasteiger partial charge on any atom is 0.460 e. The first-order chi connectivity index (χ1) is 17.9. The molecule has 0 fully saturated rings. The van der Waals surface area contributed by atoms with E-state index in [9.17, 15) is 47.9 Å². The van der Waals surface area contributed by atoms with Gasteiger partial charge in [0.05, 0.1) is 0 Å². The Morgan fingerprint density at radius 3 is 1.15 bits per heavy atom. The maximum atomic E-state index is 14.5. The summed E-state index contributed by atoms with van der Waals surface area (Å²) in [5, 5.41) is -6.82. The van der Waals surface area contributed by atoms with Crippen LogP contribution in [0.15, 0.2) is 0 Å². The molecule has 3 nitrogen and oxygen atoms in total. The van der Waals surface area contributed by atoms with Crippen LogP contribution in [0, 0.1) is 0 Å². The monoisotopic (exact) mass is 628 g/mol. The molecule has 0 spiro atoms. The maximum absolute atomic E-state index is 14.5. The van der Waals surface area contributed by atoms with Gasteiger partial charge in [0.15, 0.2) is 0 Å². The van der Waals surface area contributed by atoms with E-state index in [0.717, 1.165) is 51.4 Å². The molecule has 0 saturated heterocycles. The Morgan fingerprint density at radius 2 is 0.795 bits per heavy atom. The first-order valence-corrected chi connectivity index (χ1v) is 17.3. The summed E-state index contributed by atoms with van der Waals surface area (Å²) in [4.78, 5) is 0. The van der Waals surface area contributed by atoms with Crippen LogP contribution in [-0.2, 0) is 13.7 Å². The fourth-order valence-corrected chi connectivity index (χ4v) is 9.99. The topological polar surface area (TPSA) is 43.4 Å². The zero-order chi connectivity index (χ0) is 30.4. The highest BCUT2D eigenvalue weighted by molar-refractivity contribution is 8.33. The zero-order valence-electron chi connectivity index (χ0n) is 23.2. The molecule has 39 heavy (non-hydrogen) atoms. The molecule has 0 N–H and O–H groups in total. The van der Waals surface area contributed by atoms with Crippen molar-refractivity contribution in [3.63, 3.8) is 0 Å². The number of hydrogen-bond donors (Lipinski definition) is 0. The normalized spacial score (nSPS) is 14.7. The number of rotatable bonds is 23. The van der Waals surface area contributed by atoms with Crippen molar-refractivity contribution in [1.82, 2.24) is 0 Å². The molecule has 238 valence electrons. The predicted octanol–water partition coefficient (Wildman–Crippen LogP) is 10.4. The highest BCUT2D eigenvalue weighted by Crippen LogP contribution is 2.59. The Balaban J connectivity index is 6.19. The summed E-state index contributed by atoms with van der Waals surface area (Å²) in [6.07, 6.45) is 3.31. The van der Waals surface area contributed by atoms with E-state index in [-0.39, 0.29) is 17.3 Å². The Hall–Kier alpha value is -0.370. The van der Waals surface area contributed by atoms with Crippen LogP contribution in [0.5, 0.6) is 0 Å². The Labute approximate surface area is 229 Å². The Morgan fingerprint density at radius 1 is 0.487 bits per heavy atom. The van der Waals surface area contributed by atoms with Gasteiger partial charge < -0.3 is 0 Å². The van der Waals surface area contributed by atoms with E-state index in [1.54, 1.807) is 0 Å². The summed E-state index contributed by atoms with van der Waals surface area (Å²) in [5.41, 5.74) is 0. The first-order valence-electron chi connectivity index (χ1n) is 13.8. The van der Waals surface area contributed by atoms with Crippen LogP contribution in [0.2, 0.25) is 0 Å². The minimum Gasteiger partial charge on any atom is -0.215 e. The fourth-order valence-electron chi connectivity index (χ4n) is 4.06. The molecule has 0 rings (SSSR count). The lowest BCUT2D eigenvalue weighted by Gasteiger charge is -2.41. The second kappa shape index (κ2) is 16.9. The van der Waals surface area contributed by atoms with Gasteiger partial charge in [0, 0.05) is 17.3 Å². The molecule has 0 aromatic rings. The number of halogens is 9. The van der Waals surface area contributed by atoms with Gasteiger partial charge in [-0.1, -0.05) is 97.8 Å². The van der Waals surface area contributed by atoms with E-state index in [1.165, 1.54) is 0 Å². The summed E-state index contributed by atoms with van der Waals surface area (Å²) < 4.78 is 152. The van der Waals surface area contributed by atoms with E-state index >= 15 is 0 Å². The molecular formula is C25H45F9O3S2. The molecule has 0 aromatic carbocycles. The lowest BCUT2D eigenvalue weighted by molar-refractivity contribution is -0.382. The lowest BCUT2D eigenvalue weighted by atomic mass is 10.1. The first kappa shape index (κ1) is 38.6. The van der Waals surface area contributed by atoms with Gasteiger partial charge in [-0.25, -0.2) is 3.63 Å². The highest BCUT2D eigenvalue weighted by atomic mass is 32.3.